The van der Waals surface area contributed by atoms with Crippen LogP contribution in [0.1, 0.15) is 19.3 Å². The van der Waals surface area contributed by atoms with Crippen molar-refractivity contribution in [1.82, 2.24) is 0 Å². The van der Waals surface area contributed by atoms with E-state index in [9.17, 15) is 4.39 Å². The summed E-state index contributed by atoms with van der Waals surface area (Å²) in [5.41, 5.74) is 0.779. The van der Waals surface area contributed by atoms with E-state index in [1.54, 1.807) is 6.07 Å². The van der Waals surface area contributed by atoms with Crippen LogP contribution in [0.2, 0.25) is 0 Å². The Morgan fingerprint density at radius 2 is 2.25 bits per heavy atom. The van der Waals surface area contributed by atoms with E-state index < -0.39 is 0 Å². The molecule has 0 saturated heterocycles. The molecule has 16 heavy (non-hydrogen) atoms. The number of rotatable bonds is 6. The Kier molecular flexibility index (Phi) is 5.13. The zero-order valence-corrected chi connectivity index (χ0v) is 9.29. The van der Waals surface area contributed by atoms with Gasteiger partial charge >= 0.3 is 0 Å². The molecule has 4 heteroatoms. The minimum absolute atomic E-state index is 0.313. The molecule has 0 atom stereocenters. The van der Waals surface area contributed by atoms with Crippen LogP contribution in [-0.4, -0.2) is 13.7 Å². The lowest BCUT2D eigenvalue weighted by atomic mass is 10.2. The van der Waals surface area contributed by atoms with E-state index in [2.05, 4.69) is 11.4 Å². The summed E-state index contributed by atoms with van der Waals surface area (Å²) in [4.78, 5) is 0. The van der Waals surface area contributed by atoms with Crippen LogP contribution in [-0.2, 0) is 0 Å². The molecule has 0 aliphatic rings. The molecule has 0 radical (unpaired) electrons. The Hall–Kier alpha value is -1.76. The van der Waals surface area contributed by atoms with E-state index in [1.165, 1.54) is 19.2 Å². The molecule has 0 spiro atoms. The molecule has 1 N–H and O–H groups in total. The van der Waals surface area contributed by atoms with Gasteiger partial charge in [-0.25, -0.2) is 4.39 Å². The van der Waals surface area contributed by atoms with Gasteiger partial charge in [-0.3, -0.25) is 0 Å². The minimum atomic E-state index is -0.313. The van der Waals surface area contributed by atoms with Crippen molar-refractivity contribution in [3.63, 3.8) is 0 Å². The number of hydrogen-bond acceptors (Lipinski definition) is 3. The molecule has 0 unspecified atom stereocenters. The van der Waals surface area contributed by atoms with Crippen LogP contribution >= 0.6 is 0 Å². The number of benzene rings is 1. The van der Waals surface area contributed by atoms with Crippen LogP contribution in [0, 0.1) is 17.1 Å². The smallest absolute Gasteiger partial charge is 0.144 e. The van der Waals surface area contributed by atoms with Gasteiger partial charge in [0, 0.05) is 19.0 Å². The van der Waals surface area contributed by atoms with Gasteiger partial charge in [0.1, 0.15) is 11.6 Å². The van der Waals surface area contributed by atoms with Crippen molar-refractivity contribution >= 4 is 5.69 Å². The summed E-state index contributed by atoms with van der Waals surface area (Å²) in [5.74, 6) is 0.187. The highest BCUT2D eigenvalue weighted by atomic mass is 19.1. The van der Waals surface area contributed by atoms with Gasteiger partial charge in [-0.05, 0) is 25.0 Å². The molecule has 0 bridgehead atoms. The second-order valence-corrected chi connectivity index (χ2v) is 3.39. The molecule has 0 fully saturated rings. The Balaban J connectivity index is 2.44. The third kappa shape index (κ3) is 3.77. The zero-order chi connectivity index (χ0) is 11.8. The number of hydrogen-bond donors (Lipinski definition) is 1. The first-order chi connectivity index (χ1) is 7.77. The topological polar surface area (TPSA) is 45.0 Å². The van der Waals surface area contributed by atoms with Gasteiger partial charge in [0.05, 0.1) is 18.9 Å². The first-order valence-electron chi connectivity index (χ1n) is 5.22. The van der Waals surface area contributed by atoms with Crippen LogP contribution in [0.25, 0.3) is 0 Å². The zero-order valence-electron chi connectivity index (χ0n) is 9.29. The fraction of sp³-hybridized carbons (Fsp3) is 0.417. The van der Waals surface area contributed by atoms with E-state index >= 15 is 0 Å². The average Bonchev–Trinajstić information content (AvgIpc) is 2.30. The number of unbranched alkanes of at least 4 members (excludes halogenated alkanes) is 2. The minimum Gasteiger partial charge on any atom is -0.494 e. The number of halogens is 1. The van der Waals surface area contributed by atoms with Gasteiger partial charge in [0.2, 0.25) is 0 Å². The Labute approximate surface area is 94.8 Å². The molecule has 3 nitrogen and oxygen atoms in total. The maximum absolute atomic E-state index is 12.9. The molecule has 0 heterocycles. The van der Waals surface area contributed by atoms with Crippen LogP contribution in [0.4, 0.5) is 10.1 Å². The van der Waals surface area contributed by atoms with Gasteiger partial charge in [-0.2, -0.15) is 5.26 Å². The van der Waals surface area contributed by atoms with Crippen LogP contribution in [0.15, 0.2) is 18.2 Å². The predicted octanol–water partition coefficient (Wildman–Crippen LogP) is 2.94. The number of nitrogens with one attached hydrogen (secondary N) is 1. The van der Waals surface area contributed by atoms with Gasteiger partial charge in [0.15, 0.2) is 0 Å². The second-order valence-electron chi connectivity index (χ2n) is 3.39. The Morgan fingerprint density at radius 1 is 1.44 bits per heavy atom. The highest BCUT2D eigenvalue weighted by molar-refractivity contribution is 5.56. The van der Waals surface area contributed by atoms with Crippen LogP contribution < -0.4 is 10.1 Å². The average molecular weight is 222 g/mol. The summed E-state index contributed by atoms with van der Waals surface area (Å²) in [6.07, 6.45) is 2.35. The normalized spacial score (nSPS) is 9.56. The van der Waals surface area contributed by atoms with Gasteiger partial charge in [-0.15, -0.1) is 0 Å². The van der Waals surface area contributed by atoms with Crippen molar-refractivity contribution in [2.45, 2.75) is 19.3 Å². The first-order valence-corrected chi connectivity index (χ1v) is 5.22. The van der Waals surface area contributed by atoms with Crippen LogP contribution in [0.5, 0.6) is 5.75 Å². The summed E-state index contributed by atoms with van der Waals surface area (Å²) in [5, 5.41) is 11.5. The lowest BCUT2D eigenvalue weighted by molar-refractivity contribution is 0.413. The van der Waals surface area contributed by atoms with E-state index in [0.29, 0.717) is 12.2 Å². The van der Waals surface area contributed by atoms with Crippen molar-refractivity contribution < 1.29 is 9.13 Å². The quantitative estimate of drug-likeness (QED) is 0.752. The molecule has 86 valence electrons. The molecular weight excluding hydrogens is 207 g/mol. The van der Waals surface area contributed by atoms with Crippen LogP contribution in [0.3, 0.4) is 0 Å². The van der Waals surface area contributed by atoms with Gasteiger partial charge in [0.25, 0.3) is 0 Å². The highest BCUT2D eigenvalue weighted by Crippen LogP contribution is 2.24. The summed E-state index contributed by atoms with van der Waals surface area (Å²) in [6, 6.07) is 6.48. The van der Waals surface area contributed by atoms with Crippen molar-refractivity contribution in [2.24, 2.45) is 0 Å². The van der Waals surface area contributed by atoms with E-state index in [4.69, 9.17) is 10.00 Å². The molecule has 1 aromatic carbocycles. The lowest BCUT2D eigenvalue weighted by Crippen LogP contribution is -2.03. The summed E-state index contributed by atoms with van der Waals surface area (Å²) in [7, 11) is 1.51. The number of nitriles is 1. The van der Waals surface area contributed by atoms with Gasteiger partial charge in [-0.1, -0.05) is 0 Å². The van der Waals surface area contributed by atoms with E-state index in [-0.39, 0.29) is 5.82 Å². The fourth-order valence-corrected chi connectivity index (χ4v) is 1.36. The highest BCUT2D eigenvalue weighted by Gasteiger charge is 2.03. The molecule has 0 aliphatic carbocycles. The summed E-state index contributed by atoms with van der Waals surface area (Å²) in [6.45, 7) is 0.754. The number of ether oxygens (including phenoxy) is 1. The molecule has 0 saturated carbocycles. The molecule has 0 amide bonds. The standard InChI is InChI=1S/C12H15FN2O/c1-16-12-9-10(13)5-6-11(12)15-8-4-2-3-7-14/h5-6,9,15H,2-4,8H2,1H3. The number of methoxy groups -OCH3 is 1. The predicted molar refractivity (Wildman–Crippen MR) is 60.9 cm³/mol. The number of anilines is 1. The molecule has 1 rings (SSSR count). The van der Waals surface area contributed by atoms with Crippen molar-refractivity contribution in [3.8, 4) is 11.8 Å². The fourth-order valence-electron chi connectivity index (χ4n) is 1.36. The number of nitrogens with zero attached hydrogens (tertiary/aromatic N) is 1. The SMILES string of the molecule is COc1cc(F)ccc1NCCCCC#N. The third-order valence-corrected chi connectivity index (χ3v) is 2.19. The molecule has 0 aliphatic heterocycles. The second kappa shape index (κ2) is 6.67. The summed E-state index contributed by atoms with van der Waals surface area (Å²) < 4.78 is 17.9. The Bertz CT molecular complexity index is 374. The first kappa shape index (κ1) is 12.3. The van der Waals surface area contributed by atoms with Crippen molar-refractivity contribution in [1.29, 1.82) is 5.26 Å². The molecule has 1 aromatic rings. The third-order valence-electron chi connectivity index (χ3n) is 2.19. The monoisotopic (exact) mass is 222 g/mol. The largest absolute Gasteiger partial charge is 0.494 e. The maximum atomic E-state index is 12.9. The van der Waals surface area contributed by atoms with Crippen molar-refractivity contribution in [2.75, 3.05) is 19.0 Å². The molecular formula is C12H15FN2O. The lowest BCUT2D eigenvalue weighted by Gasteiger charge is -2.10. The van der Waals surface area contributed by atoms with E-state index in [0.717, 1.165) is 25.1 Å². The summed E-state index contributed by atoms with van der Waals surface area (Å²) >= 11 is 0. The Morgan fingerprint density at radius 3 is 2.94 bits per heavy atom. The van der Waals surface area contributed by atoms with E-state index in [1.807, 2.05) is 0 Å². The van der Waals surface area contributed by atoms with Crippen molar-refractivity contribution in [3.05, 3.63) is 24.0 Å². The van der Waals surface area contributed by atoms with Gasteiger partial charge < -0.3 is 10.1 Å². The maximum Gasteiger partial charge on any atom is 0.144 e. The molecule has 0 aromatic heterocycles.